The number of pyridine rings is 2. The van der Waals surface area contributed by atoms with Gasteiger partial charge in [0.15, 0.2) is 0 Å². The third kappa shape index (κ3) is 5.33. The van der Waals surface area contributed by atoms with E-state index < -0.39 is 54.3 Å². The number of carbonyl (C=O) groups excluding carboxylic acids is 1. The van der Waals surface area contributed by atoms with Crippen molar-refractivity contribution in [3.63, 3.8) is 0 Å². The fourth-order valence-electron chi connectivity index (χ4n) is 3.44. The van der Waals surface area contributed by atoms with Gasteiger partial charge in [-0.15, -0.1) is 0 Å². The zero-order valence-corrected chi connectivity index (χ0v) is 16.4. The summed E-state index contributed by atoms with van der Waals surface area (Å²) in [6.45, 7) is 1.18. The normalized spacial score (nSPS) is 21.0. The lowest BCUT2D eigenvalue weighted by Crippen LogP contribution is -2.52. The van der Waals surface area contributed by atoms with Crippen LogP contribution in [0.3, 0.4) is 0 Å². The van der Waals surface area contributed by atoms with Gasteiger partial charge in [-0.2, -0.15) is 0 Å². The van der Waals surface area contributed by atoms with Gasteiger partial charge in [-0.05, 0) is 36.8 Å². The SMILES string of the molecule is CC(C(=O)Nc1ccc(F)cn1)N1CCC(F)(F)C(c2ccnc(C(F)C(F)F)c2)C1. The molecule has 1 aliphatic rings. The van der Waals surface area contributed by atoms with E-state index in [-0.39, 0.29) is 24.5 Å². The van der Waals surface area contributed by atoms with Crippen LogP contribution in [0.4, 0.5) is 32.2 Å². The zero-order chi connectivity index (χ0) is 22.8. The molecule has 1 N–H and O–H groups in total. The van der Waals surface area contributed by atoms with Gasteiger partial charge < -0.3 is 5.32 Å². The molecule has 1 saturated heterocycles. The maximum absolute atomic E-state index is 14.6. The molecule has 5 nitrogen and oxygen atoms in total. The number of halogens is 6. The minimum Gasteiger partial charge on any atom is -0.309 e. The fraction of sp³-hybridized carbons (Fsp3) is 0.450. The van der Waals surface area contributed by atoms with Crippen LogP contribution in [-0.4, -0.2) is 52.3 Å². The van der Waals surface area contributed by atoms with Gasteiger partial charge >= 0.3 is 0 Å². The molecule has 1 amide bonds. The standard InChI is InChI=1S/C20H20F6N4O/c1-11(19(31)29-16-3-2-13(21)9-28-16)30-7-5-20(25,26)14(10-30)12-4-6-27-15(8-12)17(22)18(23)24/h2-4,6,8-9,11,14,17-18H,5,7,10H2,1H3,(H,28,29,31). The summed E-state index contributed by atoms with van der Waals surface area (Å²) in [6.07, 6.45) is -4.63. The van der Waals surface area contributed by atoms with Crippen LogP contribution in [-0.2, 0) is 4.79 Å². The highest BCUT2D eigenvalue weighted by molar-refractivity contribution is 5.93. The summed E-state index contributed by atoms with van der Waals surface area (Å²) in [5, 5.41) is 2.49. The van der Waals surface area contributed by atoms with Gasteiger partial charge in [0.25, 0.3) is 12.3 Å². The van der Waals surface area contributed by atoms with Crippen molar-refractivity contribution in [1.82, 2.24) is 14.9 Å². The van der Waals surface area contributed by atoms with E-state index in [1.165, 1.54) is 24.0 Å². The molecule has 1 fully saturated rings. The van der Waals surface area contributed by atoms with Gasteiger partial charge in [0.2, 0.25) is 12.1 Å². The van der Waals surface area contributed by atoms with Crippen molar-refractivity contribution in [3.05, 3.63) is 53.7 Å². The van der Waals surface area contributed by atoms with E-state index in [2.05, 4.69) is 15.3 Å². The topological polar surface area (TPSA) is 58.1 Å². The largest absolute Gasteiger partial charge is 0.309 e. The second kappa shape index (κ2) is 9.21. The number of amides is 1. The number of carbonyl (C=O) groups is 1. The highest BCUT2D eigenvalue weighted by atomic mass is 19.3. The number of alkyl halides is 5. The van der Waals surface area contributed by atoms with Crippen molar-refractivity contribution < 1.29 is 31.1 Å². The molecule has 1 aliphatic heterocycles. The van der Waals surface area contributed by atoms with E-state index in [9.17, 15) is 31.1 Å². The maximum atomic E-state index is 14.6. The van der Waals surface area contributed by atoms with E-state index in [1.54, 1.807) is 0 Å². The average molecular weight is 446 g/mol. The summed E-state index contributed by atoms with van der Waals surface area (Å²) in [4.78, 5) is 21.3. The van der Waals surface area contributed by atoms with E-state index in [1.807, 2.05) is 0 Å². The third-order valence-electron chi connectivity index (χ3n) is 5.28. The molecule has 11 heteroatoms. The predicted octanol–water partition coefficient (Wildman–Crippen LogP) is 4.34. The summed E-state index contributed by atoms with van der Waals surface area (Å²) < 4.78 is 81.2. The van der Waals surface area contributed by atoms with Gasteiger partial charge in [-0.3, -0.25) is 14.7 Å². The Kier molecular flexibility index (Phi) is 6.83. The molecule has 3 heterocycles. The second-order valence-electron chi connectivity index (χ2n) is 7.34. The van der Waals surface area contributed by atoms with Crippen molar-refractivity contribution in [2.75, 3.05) is 18.4 Å². The molecule has 0 aromatic carbocycles. The van der Waals surface area contributed by atoms with Crippen LogP contribution in [0.2, 0.25) is 0 Å². The first-order valence-corrected chi connectivity index (χ1v) is 9.51. The first-order valence-electron chi connectivity index (χ1n) is 9.51. The molecule has 168 valence electrons. The molecule has 2 aromatic heterocycles. The first-order chi connectivity index (χ1) is 14.6. The number of nitrogens with zero attached hydrogens (tertiary/aromatic N) is 3. The third-order valence-corrected chi connectivity index (χ3v) is 5.28. The molecule has 3 unspecified atom stereocenters. The van der Waals surface area contributed by atoms with Gasteiger partial charge in [0.05, 0.1) is 23.9 Å². The zero-order valence-electron chi connectivity index (χ0n) is 16.4. The molecule has 3 rings (SSSR count). The molecule has 31 heavy (non-hydrogen) atoms. The monoisotopic (exact) mass is 446 g/mol. The Bertz CT molecular complexity index is 911. The van der Waals surface area contributed by atoms with E-state index in [4.69, 9.17) is 0 Å². The molecule has 3 atom stereocenters. The summed E-state index contributed by atoms with van der Waals surface area (Å²) in [5.74, 6) is -5.62. The van der Waals surface area contributed by atoms with Crippen LogP contribution >= 0.6 is 0 Å². The summed E-state index contributed by atoms with van der Waals surface area (Å²) in [5.41, 5.74) is -0.649. The van der Waals surface area contributed by atoms with Crippen LogP contribution < -0.4 is 5.32 Å². The minimum atomic E-state index is -3.32. The lowest BCUT2D eigenvalue weighted by molar-refractivity contribution is -0.125. The van der Waals surface area contributed by atoms with Gasteiger partial charge in [-0.1, -0.05) is 0 Å². The molecule has 0 radical (unpaired) electrons. The van der Waals surface area contributed by atoms with Crippen molar-refractivity contribution in [3.8, 4) is 0 Å². The number of rotatable bonds is 6. The average Bonchev–Trinajstić information content (AvgIpc) is 2.74. The van der Waals surface area contributed by atoms with E-state index >= 15 is 0 Å². The lowest BCUT2D eigenvalue weighted by Gasteiger charge is -2.40. The number of likely N-dealkylation sites (tertiary alicyclic amines) is 1. The van der Waals surface area contributed by atoms with Gasteiger partial charge in [0, 0.05) is 25.7 Å². The molecular weight excluding hydrogens is 426 g/mol. The van der Waals surface area contributed by atoms with Gasteiger partial charge in [0.1, 0.15) is 11.6 Å². The summed E-state index contributed by atoms with van der Waals surface area (Å²) in [7, 11) is 0. The maximum Gasteiger partial charge on any atom is 0.275 e. The summed E-state index contributed by atoms with van der Waals surface area (Å²) in [6, 6.07) is 3.70. The Hall–Kier alpha value is -2.69. The number of hydrogen-bond acceptors (Lipinski definition) is 4. The molecule has 0 spiro atoms. The Morgan fingerprint density at radius 3 is 2.61 bits per heavy atom. The molecule has 0 aliphatic carbocycles. The number of nitrogens with one attached hydrogen (secondary N) is 1. The Morgan fingerprint density at radius 1 is 1.23 bits per heavy atom. The van der Waals surface area contributed by atoms with E-state index in [0.717, 1.165) is 24.5 Å². The van der Waals surface area contributed by atoms with Crippen LogP contribution in [0.15, 0.2) is 36.7 Å². The van der Waals surface area contributed by atoms with Crippen LogP contribution in [0, 0.1) is 5.82 Å². The molecule has 0 bridgehead atoms. The molecule has 0 saturated carbocycles. The highest BCUT2D eigenvalue weighted by Gasteiger charge is 2.46. The van der Waals surface area contributed by atoms with Gasteiger partial charge in [-0.25, -0.2) is 31.3 Å². The van der Waals surface area contributed by atoms with Crippen LogP contribution in [0.5, 0.6) is 0 Å². The van der Waals surface area contributed by atoms with Crippen molar-refractivity contribution >= 4 is 11.7 Å². The molecule has 2 aromatic rings. The van der Waals surface area contributed by atoms with E-state index in [0.29, 0.717) is 0 Å². The fourth-order valence-corrected chi connectivity index (χ4v) is 3.44. The highest BCUT2D eigenvalue weighted by Crippen LogP contribution is 2.41. The van der Waals surface area contributed by atoms with Crippen molar-refractivity contribution in [1.29, 1.82) is 0 Å². The Morgan fingerprint density at radius 2 is 1.97 bits per heavy atom. The first kappa shape index (κ1) is 23.0. The quantitative estimate of drug-likeness (QED) is 0.671. The van der Waals surface area contributed by atoms with Crippen LogP contribution in [0.25, 0.3) is 0 Å². The van der Waals surface area contributed by atoms with Crippen LogP contribution in [0.1, 0.15) is 36.7 Å². The Balaban J connectivity index is 1.76. The Labute approximate surface area is 174 Å². The van der Waals surface area contributed by atoms with Crippen molar-refractivity contribution in [2.45, 2.75) is 43.8 Å². The lowest BCUT2D eigenvalue weighted by atomic mass is 9.86. The second-order valence-corrected chi connectivity index (χ2v) is 7.34. The molecular formula is C20H20F6N4O. The number of piperidine rings is 1. The van der Waals surface area contributed by atoms with Crippen molar-refractivity contribution in [2.24, 2.45) is 0 Å². The number of aromatic nitrogens is 2. The number of hydrogen-bond donors (Lipinski definition) is 1. The minimum absolute atomic E-state index is 0.0317. The smallest absolute Gasteiger partial charge is 0.275 e. The number of anilines is 1. The predicted molar refractivity (Wildman–Crippen MR) is 100 cm³/mol. The summed E-state index contributed by atoms with van der Waals surface area (Å²) >= 11 is 0.